The summed E-state index contributed by atoms with van der Waals surface area (Å²) in [5.41, 5.74) is 0.392. The number of anilines is 1. The standard InChI is InChI=1S/C16H16F3N3O3/c1-9-3-4-11(7-13(9)21-10(2)23)15(24)25-6-5-12-8-20-22-14(12)16(17,18)19/h3-4,7-8H,5-6H2,1-2H3,(H,20,22)(H,21,23). The molecule has 0 aliphatic rings. The van der Waals surface area contributed by atoms with E-state index in [4.69, 9.17) is 4.74 Å². The molecule has 2 N–H and O–H groups in total. The molecule has 6 nitrogen and oxygen atoms in total. The first kappa shape index (κ1) is 18.5. The van der Waals surface area contributed by atoms with E-state index >= 15 is 0 Å². The monoisotopic (exact) mass is 355 g/mol. The summed E-state index contributed by atoms with van der Waals surface area (Å²) in [6, 6.07) is 4.61. The molecule has 0 aliphatic heterocycles. The lowest BCUT2D eigenvalue weighted by molar-refractivity contribution is -0.141. The van der Waals surface area contributed by atoms with Crippen LogP contribution in [0.5, 0.6) is 0 Å². The Balaban J connectivity index is 1.99. The van der Waals surface area contributed by atoms with Gasteiger partial charge in [0.25, 0.3) is 0 Å². The number of alkyl halides is 3. The predicted octanol–water partition coefficient (Wildman–Crippen LogP) is 3.09. The van der Waals surface area contributed by atoms with E-state index in [-0.39, 0.29) is 30.1 Å². The van der Waals surface area contributed by atoms with E-state index in [1.165, 1.54) is 19.1 Å². The van der Waals surface area contributed by atoms with Crippen LogP contribution >= 0.6 is 0 Å². The summed E-state index contributed by atoms with van der Waals surface area (Å²) in [6.07, 6.45) is -3.61. The molecule has 2 rings (SSSR count). The van der Waals surface area contributed by atoms with Crippen LogP contribution in [-0.4, -0.2) is 28.7 Å². The first-order valence-electron chi connectivity index (χ1n) is 7.33. The maximum Gasteiger partial charge on any atom is 0.433 e. The molecule has 9 heteroatoms. The minimum Gasteiger partial charge on any atom is -0.462 e. The number of aromatic nitrogens is 2. The molecular formula is C16H16F3N3O3. The summed E-state index contributed by atoms with van der Waals surface area (Å²) in [5, 5.41) is 7.85. The van der Waals surface area contributed by atoms with Crippen molar-refractivity contribution < 1.29 is 27.5 Å². The van der Waals surface area contributed by atoms with Crippen molar-refractivity contribution in [3.63, 3.8) is 0 Å². The molecule has 0 fully saturated rings. The summed E-state index contributed by atoms with van der Waals surface area (Å²) >= 11 is 0. The number of ether oxygens (including phenoxy) is 1. The number of amides is 1. The Bertz CT molecular complexity index is 784. The van der Waals surface area contributed by atoms with Gasteiger partial charge >= 0.3 is 12.1 Å². The van der Waals surface area contributed by atoms with Gasteiger partial charge < -0.3 is 10.1 Å². The average molecular weight is 355 g/mol. The van der Waals surface area contributed by atoms with Crippen LogP contribution in [0.15, 0.2) is 24.4 Å². The van der Waals surface area contributed by atoms with Crippen LogP contribution in [-0.2, 0) is 22.1 Å². The highest BCUT2D eigenvalue weighted by molar-refractivity contribution is 5.94. The molecule has 134 valence electrons. The van der Waals surface area contributed by atoms with Gasteiger partial charge in [-0.3, -0.25) is 9.89 Å². The zero-order valence-electron chi connectivity index (χ0n) is 13.5. The molecule has 25 heavy (non-hydrogen) atoms. The molecule has 1 aromatic carbocycles. The largest absolute Gasteiger partial charge is 0.462 e. The minimum atomic E-state index is -4.54. The average Bonchev–Trinajstić information content (AvgIpc) is 2.97. The topological polar surface area (TPSA) is 84.1 Å². The number of benzene rings is 1. The number of aryl methyl sites for hydroxylation is 1. The van der Waals surface area contributed by atoms with Gasteiger partial charge in [-0.2, -0.15) is 18.3 Å². The lowest BCUT2D eigenvalue weighted by Crippen LogP contribution is -2.13. The number of hydrogen-bond donors (Lipinski definition) is 2. The number of H-pyrrole nitrogens is 1. The van der Waals surface area contributed by atoms with Crippen molar-refractivity contribution in [2.24, 2.45) is 0 Å². The Kier molecular flexibility index (Phi) is 5.45. The van der Waals surface area contributed by atoms with Crippen LogP contribution in [0.4, 0.5) is 18.9 Å². The van der Waals surface area contributed by atoms with Crippen molar-refractivity contribution in [2.75, 3.05) is 11.9 Å². The maximum absolute atomic E-state index is 12.7. The lowest BCUT2D eigenvalue weighted by atomic mass is 10.1. The van der Waals surface area contributed by atoms with Gasteiger partial charge in [-0.25, -0.2) is 4.79 Å². The van der Waals surface area contributed by atoms with Gasteiger partial charge in [0.05, 0.1) is 18.4 Å². The van der Waals surface area contributed by atoms with Crippen LogP contribution in [0, 0.1) is 6.92 Å². The Hall–Kier alpha value is -2.84. The molecule has 0 aliphatic carbocycles. The van der Waals surface area contributed by atoms with Crippen molar-refractivity contribution in [1.29, 1.82) is 0 Å². The zero-order chi connectivity index (χ0) is 18.6. The maximum atomic E-state index is 12.7. The van der Waals surface area contributed by atoms with Crippen LogP contribution in [0.2, 0.25) is 0 Å². The predicted molar refractivity (Wildman–Crippen MR) is 83.1 cm³/mol. The summed E-state index contributed by atoms with van der Waals surface area (Å²) in [4.78, 5) is 23.2. The molecule has 0 bridgehead atoms. The molecule has 0 spiro atoms. The third-order valence-electron chi connectivity index (χ3n) is 3.39. The minimum absolute atomic E-state index is 0.0804. The summed E-state index contributed by atoms with van der Waals surface area (Å²) in [6.45, 7) is 2.87. The smallest absolute Gasteiger partial charge is 0.433 e. The van der Waals surface area contributed by atoms with Crippen molar-refractivity contribution in [3.05, 3.63) is 46.8 Å². The first-order valence-corrected chi connectivity index (χ1v) is 7.33. The fraction of sp³-hybridized carbons (Fsp3) is 0.312. The van der Waals surface area contributed by atoms with Crippen LogP contribution in [0.3, 0.4) is 0 Å². The molecule has 1 heterocycles. The van der Waals surface area contributed by atoms with E-state index in [0.717, 1.165) is 11.8 Å². The highest BCUT2D eigenvalue weighted by Crippen LogP contribution is 2.30. The Morgan fingerprint density at radius 2 is 2.04 bits per heavy atom. The number of rotatable bonds is 5. The number of halogens is 3. The molecule has 1 aromatic heterocycles. The van der Waals surface area contributed by atoms with Gasteiger partial charge in [0.15, 0.2) is 0 Å². The number of hydrogen-bond acceptors (Lipinski definition) is 4. The molecule has 0 saturated heterocycles. The van der Waals surface area contributed by atoms with E-state index in [1.54, 1.807) is 13.0 Å². The van der Waals surface area contributed by atoms with Gasteiger partial charge in [-0.05, 0) is 24.6 Å². The highest BCUT2D eigenvalue weighted by Gasteiger charge is 2.35. The van der Waals surface area contributed by atoms with Crippen LogP contribution in [0.1, 0.15) is 34.1 Å². The van der Waals surface area contributed by atoms with E-state index in [1.807, 2.05) is 5.10 Å². The zero-order valence-corrected chi connectivity index (χ0v) is 13.5. The van der Waals surface area contributed by atoms with Crippen LogP contribution < -0.4 is 5.32 Å². The van der Waals surface area contributed by atoms with Crippen molar-refractivity contribution in [2.45, 2.75) is 26.4 Å². The number of carbonyl (C=O) groups is 2. The van der Waals surface area contributed by atoms with E-state index in [0.29, 0.717) is 5.69 Å². The Morgan fingerprint density at radius 3 is 2.68 bits per heavy atom. The van der Waals surface area contributed by atoms with Gasteiger partial charge in [-0.15, -0.1) is 0 Å². The third-order valence-corrected chi connectivity index (χ3v) is 3.39. The first-order chi connectivity index (χ1) is 11.7. The van der Waals surface area contributed by atoms with Gasteiger partial charge in [0.2, 0.25) is 5.91 Å². The van der Waals surface area contributed by atoms with Crippen molar-refractivity contribution in [1.82, 2.24) is 10.2 Å². The molecular weight excluding hydrogens is 339 g/mol. The second-order valence-corrected chi connectivity index (χ2v) is 5.36. The molecule has 0 saturated carbocycles. The lowest BCUT2D eigenvalue weighted by Gasteiger charge is -2.10. The number of aromatic amines is 1. The van der Waals surface area contributed by atoms with E-state index < -0.39 is 17.8 Å². The van der Waals surface area contributed by atoms with Gasteiger partial charge in [0.1, 0.15) is 5.69 Å². The van der Waals surface area contributed by atoms with E-state index in [9.17, 15) is 22.8 Å². The van der Waals surface area contributed by atoms with Gasteiger partial charge in [-0.1, -0.05) is 6.07 Å². The number of nitrogens with one attached hydrogen (secondary N) is 2. The SMILES string of the molecule is CC(=O)Nc1cc(C(=O)OCCc2cn[nH]c2C(F)(F)F)ccc1C. The molecule has 0 radical (unpaired) electrons. The second kappa shape index (κ2) is 7.37. The van der Waals surface area contributed by atoms with Crippen molar-refractivity contribution >= 4 is 17.6 Å². The summed E-state index contributed by atoms with van der Waals surface area (Å²) in [5.74, 6) is -0.975. The van der Waals surface area contributed by atoms with Crippen LogP contribution in [0.25, 0.3) is 0 Å². The van der Waals surface area contributed by atoms with E-state index in [2.05, 4.69) is 10.4 Å². The fourth-order valence-corrected chi connectivity index (χ4v) is 2.16. The second-order valence-electron chi connectivity index (χ2n) is 5.36. The molecule has 2 aromatic rings. The Morgan fingerprint density at radius 1 is 1.32 bits per heavy atom. The number of esters is 1. The quantitative estimate of drug-likeness (QED) is 0.808. The van der Waals surface area contributed by atoms with Gasteiger partial charge in [0, 0.05) is 24.6 Å². The van der Waals surface area contributed by atoms with Crippen molar-refractivity contribution in [3.8, 4) is 0 Å². The number of nitrogens with zero attached hydrogens (tertiary/aromatic N) is 1. The fourth-order valence-electron chi connectivity index (χ4n) is 2.16. The normalized spacial score (nSPS) is 11.2. The Labute approximate surface area is 141 Å². The molecule has 0 unspecified atom stereocenters. The highest BCUT2D eigenvalue weighted by atomic mass is 19.4. The number of carbonyl (C=O) groups excluding carboxylic acids is 2. The summed E-state index contributed by atoms with van der Waals surface area (Å²) in [7, 11) is 0. The molecule has 0 atom stereocenters. The third kappa shape index (κ3) is 4.82. The molecule has 1 amide bonds. The summed E-state index contributed by atoms with van der Waals surface area (Å²) < 4.78 is 43.1.